The van der Waals surface area contributed by atoms with E-state index in [1.54, 1.807) is 51.1 Å². The maximum absolute atomic E-state index is 13.8. The van der Waals surface area contributed by atoms with E-state index >= 15 is 0 Å². The fourth-order valence-corrected chi connectivity index (χ4v) is 5.10. The van der Waals surface area contributed by atoms with Gasteiger partial charge in [-0.25, -0.2) is 17.9 Å². The van der Waals surface area contributed by atoms with Crippen molar-refractivity contribution in [2.75, 3.05) is 13.1 Å². The molecule has 1 aliphatic rings. The number of rotatable bonds is 4. The predicted molar refractivity (Wildman–Crippen MR) is 118 cm³/mol. The van der Waals surface area contributed by atoms with Gasteiger partial charge in [0.2, 0.25) is 10.0 Å². The molecule has 0 radical (unpaired) electrons. The first-order chi connectivity index (χ1) is 15.3. The van der Waals surface area contributed by atoms with Crippen LogP contribution in [0.3, 0.4) is 0 Å². The lowest BCUT2D eigenvalue weighted by Gasteiger charge is -2.33. The largest absolute Gasteiger partial charge is 0.444 e. The van der Waals surface area contributed by atoms with Crippen molar-refractivity contribution in [3.8, 4) is 11.1 Å². The monoisotopic (exact) mass is 484 g/mol. The molecule has 33 heavy (non-hydrogen) atoms. The number of carbonyl (C=O) groups excluding carboxylic acids is 1. The fourth-order valence-electron chi connectivity index (χ4n) is 3.59. The molecule has 1 saturated heterocycles. The second-order valence-corrected chi connectivity index (χ2v) is 10.6. The summed E-state index contributed by atoms with van der Waals surface area (Å²) in [4.78, 5) is 12.8. The van der Waals surface area contributed by atoms with Gasteiger partial charge < -0.3 is 9.64 Å². The van der Waals surface area contributed by atoms with Gasteiger partial charge in [-0.05, 0) is 56.9 Å². The Bertz CT molecular complexity index is 1090. The summed E-state index contributed by atoms with van der Waals surface area (Å²) in [7, 11) is -4.44. The van der Waals surface area contributed by atoms with E-state index in [0.29, 0.717) is 5.56 Å². The van der Waals surface area contributed by atoms with Gasteiger partial charge in [-0.3, -0.25) is 0 Å². The number of benzene rings is 2. The van der Waals surface area contributed by atoms with Crippen LogP contribution in [0.25, 0.3) is 11.1 Å². The Morgan fingerprint density at radius 1 is 1.00 bits per heavy atom. The molecule has 3 rings (SSSR count). The number of amides is 1. The fraction of sp³-hybridized carbons (Fsp3) is 0.435. The molecule has 0 aromatic heterocycles. The van der Waals surface area contributed by atoms with Crippen LogP contribution in [-0.2, 0) is 20.9 Å². The number of alkyl halides is 3. The normalized spacial score (nSPS) is 16.0. The molecule has 0 atom stereocenters. The Hall–Kier alpha value is -2.59. The van der Waals surface area contributed by atoms with Crippen molar-refractivity contribution in [2.45, 2.75) is 56.3 Å². The number of hydrogen-bond acceptors (Lipinski definition) is 4. The molecule has 180 valence electrons. The molecule has 0 unspecified atom stereocenters. The molecule has 1 N–H and O–H groups in total. The molecule has 0 aliphatic carbocycles. The number of nitrogens with zero attached hydrogens (tertiary/aromatic N) is 1. The highest BCUT2D eigenvalue weighted by molar-refractivity contribution is 7.89. The van der Waals surface area contributed by atoms with E-state index in [-0.39, 0.29) is 31.5 Å². The quantitative estimate of drug-likeness (QED) is 0.659. The number of nitrogens with one attached hydrogen (secondary N) is 1. The van der Waals surface area contributed by atoms with Gasteiger partial charge in [0, 0.05) is 19.1 Å². The molecule has 2 aromatic carbocycles. The molecular weight excluding hydrogens is 457 g/mol. The summed E-state index contributed by atoms with van der Waals surface area (Å²) in [5.41, 5.74) is -1.06. The van der Waals surface area contributed by atoms with Crippen LogP contribution in [0, 0.1) is 0 Å². The van der Waals surface area contributed by atoms with E-state index in [4.69, 9.17) is 4.74 Å². The number of halogens is 3. The number of piperidine rings is 1. The summed E-state index contributed by atoms with van der Waals surface area (Å²) >= 11 is 0. The van der Waals surface area contributed by atoms with Crippen molar-refractivity contribution in [1.29, 1.82) is 0 Å². The van der Waals surface area contributed by atoms with Crippen molar-refractivity contribution >= 4 is 16.1 Å². The zero-order chi connectivity index (χ0) is 24.4. The summed E-state index contributed by atoms with van der Waals surface area (Å²) < 4.78 is 74.8. The highest BCUT2D eigenvalue weighted by Crippen LogP contribution is 2.37. The molecule has 2 aromatic rings. The minimum atomic E-state index is -4.85. The SMILES string of the molecule is CC(C)(C)OC(=O)N1CCC(NS(=O)(=O)c2ccc(-c3ccccc3)cc2C(F)(F)F)CC1. The predicted octanol–water partition coefficient (Wildman–Crippen LogP) is 5.05. The van der Waals surface area contributed by atoms with Crippen molar-refractivity contribution in [3.05, 3.63) is 54.1 Å². The lowest BCUT2D eigenvalue weighted by atomic mass is 10.0. The topological polar surface area (TPSA) is 75.7 Å². The number of carbonyl (C=O) groups is 1. The Morgan fingerprint density at radius 2 is 1.61 bits per heavy atom. The summed E-state index contributed by atoms with van der Waals surface area (Å²) in [6.45, 7) is 5.70. The first kappa shape index (κ1) is 25.0. The number of likely N-dealkylation sites (tertiary alicyclic amines) is 1. The van der Waals surface area contributed by atoms with Crippen LogP contribution < -0.4 is 4.72 Å². The standard InChI is InChI=1S/C23H27F3N2O4S/c1-22(2,3)32-21(29)28-13-11-18(12-14-28)27-33(30,31)20-10-9-17(15-19(20)23(24,25)26)16-7-5-4-6-8-16/h4-10,15,18,27H,11-14H2,1-3H3. The average Bonchev–Trinajstić information content (AvgIpc) is 2.72. The van der Waals surface area contributed by atoms with Gasteiger partial charge in [-0.2, -0.15) is 13.2 Å². The molecular formula is C23H27F3N2O4S. The van der Waals surface area contributed by atoms with Crippen LogP contribution in [0.4, 0.5) is 18.0 Å². The minimum Gasteiger partial charge on any atom is -0.444 e. The Labute approximate surface area is 191 Å². The zero-order valence-corrected chi connectivity index (χ0v) is 19.5. The number of hydrogen-bond donors (Lipinski definition) is 1. The van der Waals surface area contributed by atoms with Crippen molar-refractivity contribution in [3.63, 3.8) is 0 Å². The second kappa shape index (κ2) is 9.34. The number of sulfonamides is 1. The Balaban J connectivity index is 1.77. The maximum Gasteiger partial charge on any atom is 0.417 e. The Kier molecular flexibility index (Phi) is 7.09. The average molecular weight is 485 g/mol. The third-order valence-corrected chi connectivity index (χ3v) is 6.73. The maximum atomic E-state index is 13.8. The highest BCUT2D eigenvalue weighted by atomic mass is 32.2. The van der Waals surface area contributed by atoms with Crippen LogP contribution >= 0.6 is 0 Å². The summed E-state index contributed by atoms with van der Waals surface area (Å²) in [5.74, 6) is 0. The van der Waals surface area contributed by atoms with Gasteiger partial charge in [0.05, 0.1) is 10.5 Å². The summed E-state index contributed by atoms with van der Waals surface area (Å²) in [5, 5.41) is 0. The van der Waals surface area contributed by atoms with Gasteiger partial charge in [0.15, 0.2) is 0 Å². The molecule has 0 spiro atoms. The van der Waals surface area contributed by atoms with E-state index in [1.165, 1.54) is 11.0 Å². The Morgan fingerprint density at radius 3 is 2.15 bits per heavy atom. The highest BCUT2D eigenvalue weighted by Gasteiger charge is 2.38. The van der Waals surface area contributed by atoms with Crippen LogP contribution in [0.5, 0.6) is 0 Å². The lowest BCUT2D eigenvalue weighted by Crippen LogP contribution is -2.47. The van der Waals surface area contributed by atoms with Gasteiger partial charge in [0.25, 0.3) is 0 Å². The third-order valence-electron chi connectivity index (χ3n) is 5.15. The van der Waals surface area contributed by atoms with Crippen molar-refractivity contribution in [2.24, 2.45) is 0 Å². The van der Waals surface area contributed by atoms with Gasteiger partial charge in [-0.15, -0.1) is 0 Å². The van der Waals surface area contributed by atoms with E-state index in [1.807, 2.05) is 0 Å². The smallest absolute Gasteiger partial charge is 0.417 e. The first-order valence-electron chi connectivity index (χ1n) is 10.5. The zero-order valence-electron chi connectivity index (χ0n) is 18.6. The molecule has 1 fully saturated rings. The molecule has 1 amide bonds. The third kappa shape index (κ3) is 6.48. The molecule has 10 heteroatoms. The van der Waals surface area contributed by atoms with Crippen molar-refractivity contribution in [1.82, 2.24) is 9.62 Å². The van der Waals surface area contributed by atoms with Crippen LogP contribution in [0.2, 0.25) is 0 Å². The van der Waals surface area contributed by atoms with Gasteiger partial charge in [-0.1, -0.05) is 36.4 Å². The summed E-state index contributed by atoms with van der Waals surface area (Å²) in [6.07, 6.45) is -4.82. The minimum absolute atomic E-state index is 0.237. The summed E-state index contributed by atoms with van der Waals surface area (Å²) in [6, 6.07) is 11.1. The molecule has 6 nitrogen and oxygen atoms in total. The molecule has 0 saturated carbocycles. The van der Waals surface area contributed by atoms with Crippen LogP contribution in [-0.4, -0.2) is 44.1 Å². The van der Waals surface area contributed by atoms with Crippen molar-refractivity contribution < 1.29 is 31.1 Å². The molecule has 0 bridgehead atoms. The van der Waals surface area contributed by atoms with Gasteiger partial charge in [0.1, 0.15) is 5.60 Å². The van der Waals surface area contributed by atoms with Crippen LogP contribution in [0.1, 0.15) is 39.2 Å². The van der Waals surface area contributed by atoms with E-state index in [0.717, 1.165) is 12.1 Å². The van der Waals surface area contributed by atoms with Crippen LogP contribution in [0.15, 0.2) is 53.4 Å². The van der Waals surface area contributed by atoms with E-state index < -0.39 is 44.4 Å². The van der Waals surface area contributed by atoms with E-state index in [9.17, 15) is 26.4 Å². The molecule has 1 heterocycles. The number of ether oxygens (including phenoxy) is 1. The molecule has 1 aliphatic heterocycles. The second-order valence-electron chi connectivity index (χ2n) is 8.94. The van der Waals surface area contributed by atoms with E-state index in [2.05, 4.69) is 4.72 Å². The van der Waals surface area contributed by atoms with Gasteiger partial charge >= 0.3 is 12.3 Å². The lowest BCUT2D eigenvalue weighted by molar-refractivity contribution is -0.139. The first-order valence-corrected chi connectivity index (χ1v) is 12.0.